The average Bonchev–Trinajstić information content (AvgIpc) is 2.63. The molecular formula is C19H31N5O. The van der Waals surface area contributed by atoms with E-state index in [1.807, 2.05) is 0 Å². The van der Waals surface area contributed by atoms with Gasteiger partial charge in [0, 0.05) is 18.3 Å². The number of anilines is 2. The standard InChI is InChI=1S/C19H31N5O/c1-13(14-8-4-2-5-9-14)22-19-21-12-16(17(20)25)18(24-19)23-15-10-6-3-7-11-15/h12-15H,2-11H2,1H3,(H2,20,25)(H2,21,22,23,24)/t13-/m0/s1. The number of rotatable bonds is 6. The van der Waals surface area contributed by atoms with E-state index in [0.29, 0.717) is 35.3 Å². The van der Waals surface area contributed by atoms with Gasteiger partial charge in [-0.15, -0.1) is 0 Å². The summed E-state index contributed by atoms with van der Waals surface area (Å²) in [5.41, 5.74) is 5.88. The summed E-state index contributed by atoms with van der Waals surface area (Å²) >= 11 is 0. The molecule has 0 aliphatic heterocycles. The zero-order valence-electron chi connectivity index (χ0n) is 15.3. The second kappa shape index (κ2) is 8.50. The number of amides is 1. The fourth-order valence-electron chi connectivity index (χ4n) is 4.14. The molecule has 138 valence electrons. The number of carbonyl (C=O) groups is 1. The number of nitrogens with one attached hydrogen (secondary N) is 2. The molecule has 6 nitrogen and oxygen atoms in total. The molecule has 3 rings (SSSR count). The normalized spacial score (nSPS) is 20.8. The Morgan fingerprint density at radius 2 is 1.76 bits per heavy atom. The fraction of sp³-hybridized carbons (Fsp3) is 0.737. The molecule has 2 aliphatic carbocycles. The lowest BCUT2D eigenvalue weighted by Gasteiger charge is -2.28. The van der Waals surface area contributed by atoms with Crippen LogP contribution in [0.2, 0.25) is 0 Å². The van der Waals surface area contributed by atoms with Gasteiger partial charge in [0.2, 0.25) is 5.95 Å². The third-order valence-corrected chi connectivity index (χ3v) is 5.71. The molecule has 0 radical (unpaired) electrons. The molecule has 0 saturated heterocycles. The molecule has 0 aromatic carbocycles. The van der Waals surface area contributed by atoms with Gasteiger partial charge in [0.1, 0.15) is 5.82 Å². The van der Waals surface area contributed by atoms with Gasteiger partial charge in [0.05, 0.1) is 5.56 Å². The topological polar surface area (TPSA) is 92.9 Å². The molecule has 2 aliphatic rings. The highest BCUT2D eigenvalue weighted by Crippen LogP contribution is 2.28. The zero-order chi connectivity index (χ0) is 17.6. The summed E-state index contributed by atoms with van der Waals surface area (Å²) < 4.78 is 0. The van der Waals surface area contributed by atoms with Crippen LogP contribution in [0, 0.1) is 5.92 Å². The number of aromatic nitrogens is 2. The molecule has 0 unspecified atom stereocenters. The lowest BCUT2D eigenvalue weighted by molar-refractivity contribution is 0.100. The van der Waals surface area contributed by atoms with Crippen molar-refractivity contribution >= 4 is 17.7 Å². The van der Waals surface area contributed by atoms with Crippen molar-refractivity contribution in [3.8, 4) is 0 Å². The maximum Gasteiger partial charge on any atom is 0.254 e. The number of carbonyl (C=O) groups excluding carboxylic acids is 1. The van der Waals surface area contributed by atoms with Crippen molar-refractivity contribution in [2.75, 3.05) is 10.6 Å². The summed E-state index contributed by atoms with van der Waals surface area (Å²) in [4.78, 5) is 20.6. The van der Waals surface area contributed by atoms with Crippen LogP contribution in [0.5, 0.6) is 0 Å². The van der Waals surface area contributed by atoms with Gasteiger partial charge in [-0.3, -0.25) is 4.79 Å². The fourth-order valence-corrected chi connectivity index (χ4v) is 4.14. The van der Waals surface area contributed by atoms with Gasteiger partial charge < -0.3 is 16.4 Å². The monoisotopic (exact) mass is 345 g/mol. The van der Waals surface area contributed by atoms with Crippen molar-refractivity contribution in [1.29, 1.82) is 0 Å². The maximum absolute atomic E-state index is 11.7. The first-order valence-corrected chi connectivity index (χ1v) is 9.83. The Morgan fingerprint density at radius 3 is 2.40 bits per heavy atom. The van der Waals surface area contributed by atoms with E-state index in [9.17, 15) is 4.79 Å². The molecule has 25 heavy (non-hydrogen) atoms. The maximum atomic E-state index is 11.7. The highest BCUT2D eigenvalue weighted by Gasteiger charge is 2.22. The highest BCUT2D eigenvalue weighted by molar-refractivity contribution is 5.97. The Hall–Kier alpha value is -1.85. The molecular weight excluding hydrogens is 314 g/mol. The van der Waals surface area contributed by atoms with Crippen molar-refractivity contribution in [3.05, 3.63) is 11.8 Å². The lowest BCUT2D eigenvalue weighted by Crippen LogP contribution is -2.30. The Bertz CT molecular complexity index is 579. The van der Waals surface area contributed by atoms with Crippen LogP contribution in [0.15, 0.2) is 6.20 Å². The summed E-state index contributed by atoms with van der Waals surface area (Å²) in [6.45, 7) is 2.20. The summed E-state index contributed by atoms with van der Waals surface area (Å²) in [5, 5.41) is 6.87. The smallest absolute Gasteiger partial charge is 0.254 e. The quantitative estimate of drug-likeness (QED) is 0.731. The van der Waals surface area contributed by atoms with Crippen LogP contribution in [0.1, 0.15) is 81.5 Å². The van der Waals surface area contributed by atoms with E-state index < -0.39 is 5.91 Å². The van der Waals surface area contributed by atoms with E-state index in [1.165, 1.54) is 51.4 Å². The van der Waals surface area contributed by atoms with Gasteiger partial charge in [-0.05, 0) is 38.5 Å². The second-order valence-corrected chi connectivity index (χ2v) is 7.63. The van der Waals surface area contributed by atoms with Crippen LogP contribution in [0.25, 0.3) is 0 Å². The van der Waals surface area contributed by atoms with Crippen LogP contribution in [0.3, 0.4) is 0 Å². The van der Waals surface area contributed by atoms with Crippen molar-refractivity contribution in [3.63, 3.8) is 0 Å². The van der Waals surface area contributed by atoms with E-state index in [4.69, 9.17) is 5.73 Å². The van der Waals surface area contributed by atoms with Gasteiger partial charge in [-0.2, -0.15) is 4.98 Å². The first kappa shape index (κ1) is 18.0. The molecule has 0 spiro atoms. The summed E-state index contributed by atoms with van der Waals surface area (Å²) in [5.74, 6) is 1.35. The minimum atomic E-state index is -0.481. The molecule has 1 aromatic rings. The largest absolute Gasteiger partial charge is 0.367 e. The molecule has 1 aromatic heterocycles. The van der Waals surface area contributed by atoms with E-state index in [0.717, 1.165) is 12.8 Å². The third kappa shape index (κ3) is 4.83. The Balaban J connectivity index is 1.71. The number of nitrogens with zero attached hydrogens (tertiary/aromatic N) is 2. The summed E-state index contributed by atoms with van der Waals surface area (Å²) in [7, 11) is 0. The zero-order valence-corrected chi connectivity index (χ0v) is 15.3. The summed E-state index contributed by atoms with van der Waals surface area (Å²) in [6.07, 6.45) is 14.0. The Morgan fingerprint density at radius 1 is 1.12 bits per heavy atom. The van der Waals surface area contributed by atoms with Crippen LogP contribution >= 0.6 is 0 Å². The van der Waals surface area contributed by atoms with Gasteiger partial charge in [-0.1, -0.05) is 38.5 Å². The molecule has 6 heteroatoms. The molecule has 4 N–H and O–H groups in total. The number of hydrogen-bond acceptors (Lipinski definition) is 5. The third-order valence-electron chi connectivity index (χ3n) is 5.71. The van der Waals surface area contributed by atoms with Crippen molar-refractivity contribution in [2.45, 2.75) is 83.2 Å². The molecule has 1 amide bonds. The first-order valence-electron chi connectivity index (χ1n) is 9.83. The van der Waals surface area contributed by atoms with E-state index in [2.05, 4.69) is 27.5 Å². The predicted octanol–water partition coefficient (Wildman–Crippen LogP) is 3.70. The number of hydrogen-bond donors (Lipinski definition) is 3. The molecule has 2 fully saturated rings. The van der Waals surface area contributed by atoms with Crippen molar-refractivity contribution in [1.82, 2.24) is 9.97 Å². The Labute approximate surface area is 150 Å². The van der Waals surface area contributed by atoms with Crippen LogP contribution in [-0.4, -0.2) is 28.0 Å². The first-order chi connectivity index (χ1) is 12.1. The SMILES string of the molecule is C[C@H](Nc1ncc(C(N)=O)c(NC2CCCCC2)n1)C1CCCCC1. The number of primary amides is 1. The van der Waals surface area contributed by atoms with Gasteiger partial charge >= 0.3 is 0 Å². The molecule has 1 heterocycles. The molecule has 1 atom stereocenters. The minimum absolute atomic E-state index is 0.335. The van der Waals surface area contributed by atoms with Crippen LogP contribution < -0.4 is 16.4 Å². The van der Waals surface area contributed by atoms with Gasteiger partial charge in [0.15, 0.2) is 0 Å². The molecule has 2 saturated carbocycles. The predicted molar refractivity (Wildman–Crippen MR) is 101 cm³/mol. The Kier molecular flexibility index (Phi) is 6.10. The number of nitrogens with two attached hydrogens (primary N) is 1. The highest BCUT2D eigenvalue weighted by atomic mass is 16.1. The van der Waals surface area contributed by atoms with Crippen molar-refractivity contribution < 1.29 is 4.79 Å². The molecule has 0 bridgehead atoms. The van der Waals surface area contributed by atoms with E-state index in [1.54, 1.807) is 6.20 Å². The van der Waals surface area contributed by atoms with Crippen molar-refractivity contribution in [2.24, 2.45) is 11.7 Å². The second-order valence-electron chi connectivity index (χ2n) is 7.63. The average molecular weight is 345 g/mol. The van der Waals surface area contributed by atoms with Gasteiger partial charge in [-0.25, -0.2) is 4.98 Å². The van der Waals surface area contributed by atoms with E-state index >= 15 is 0 Å². The minimum Gasteiger partial charge on any atom is -0.367 e. The van der Waals surface area contributed by atoms with Gasteiger partial charge in [0.25, 0.3) is 5.91 Å². The van der Waals surface area contributed by atoms with Crippen LogP contribution in [0.4, 0.5) is 11.8 Å². The lowest BCUT2D eigenvalue weighted by atomic mass is 9.85. The summed E-state index contributed by atoms with van der Waals surface area (Å²) in [6, 6.07) is 0.702. The van der Waals surface area contributed by atoms with E-state index in [-0.39, 0.29) is 0 Å². The van der Waals surface area contributed by atoms with Crippen LogP contribution in [-0.2, 0) is 0 Å².